The van der Waals surface area contributed by atoms with Crippen LogP contribution in [0.2, 0.25) is 0 Å². The molecule has 0 radical (unpaired) electrons. The Morgan fingerprint density at radius 1 is 1.24 bits per heavy atom. The number of hydrogen-bond acceptors (Lipinski definition) is 5. The average Bonchev–Trinajstić information content (AvgIpc) is 2.98. The van der Waals surface area contributed by atoms with Crippen LogP contribution in [0.3, 0.4) is 0 Å². The van der Waals surface area contributed by atoms with Crippen molar-refractivity contribution in [3.63, 3.8) is 0 Å². The second-order valence-electron chi connectivity index (χ2n) is 6.90. The topological polar surface area (TPSA) is 79.7 Å². The van der Waals surface area contributed by atoms with Gasteiger partial charge in [0.25, 0.3) is 0 Å². The number of likely N-dealkylation sites (tertiary alicyclic amines) is 1. The summed E-state index contributed by atoms with van der Waals surface area (Å²) < 4.78 is 1.70. The smallest absolute Gasteiger partial charge is 0.157 e. The third kappa shape index (κ3) is 3.30. The molecule has 0 amide bonds. The van der Waals surface area contributed by atoms with Crippen molar-refractivity contribution in [2.45, 2.75) is 32.2 Å². The van der Waals surface area contributed by atoms with E-state index in [0.29, 0.717) is 17.5 Å². The number of anilines is 1. The van der Waals surface area contributed by atoms with E-state index in [9.17, 15) is 5.11 Å². The maximum atomic E-state index is 9.43. The van der Waals surface area contributed by atoms with E-state index in [1.165, 1.54) is 5.56 Å². The van der Waals surface area contributed by atoms with Gasteiger partial charge in [0, 0.05) is 31.1 Å². The third-order valence-electron chi connectivity index (χ3n) is 4.86. The minimum absolute atomic E-state index is 0.310. The molecule has 6 heteroatoms. The molecule has 0 saturated carbocycles. The van der Waals surface area contributed by atoms with Gasteiger partial charge < -0.3 is 10.8 Å². The molecule has 1 aromatic carbocycles. The molecule has 0 spiro atoms. The predicted octanol–water partition coefficient (Wildman–Crippen LogP) is 2.71. The maximum absolute atomic E-state index is 9.43. The zero-order valence-corrected chi connectivity index (χ0v) is 14.4. The Labute approximate surface area is 146 Å². The number of aryl methyl sites for hydroxylation is 1. The first-order valence-corrected chi connectivity index (χ1v) is 8.71. The van der Waals surface area contributed by atoms with E-state index >= 15 is 0 Å². The molecule has 3 heterocycles. The fourth-order valence-corrected chi connectivity index (χ4v) is 3.64. The molecule has 4 rings (SSSR count). The van der Waals surface area contributed by atoms with E-state index < -0.39 is 0 Å². The van der Waals surface area contributed by atoms with Crippen LogP contribution < -0.4 is 5.73 Å². The fraction of sp³-hybridized carbons (Fsp3) is 0.368. The molecule has 1 saturated heterocycles. The van der Waals surface area contributed by atoms with Crippen LogP contribution in [0.5, 0.6) is 5.75 Å². The largest absolute Gasteiger partial charge is 0.508 e. The lowest BCUT2D eigenvalue weighted by Gasteiger charge is -2.32. The summed E-state index contributed by atoms with van der Waals surface area (Å²) in [6.45, 7) is 4.89. The average molecular weight is 337 g/mol. The highest BCUT2D eigenvalue weighted by atomic mass is 16.3. The number of hydrogen-bond donors (Lipinski definition) is 2. The number of fused-ring (bicyclic) bond motifs is 1. The van der Waals surface area contributed by atoms with Gasteiger partial charge in [-0.15, -0.1) is 0 Å². The lowest BCUT2D eigenvalue weighted by atomic mass is 9.94. The van der Waals surface area contributed by atoms with Crippen molar-refractivity contribution in [1.29, 1.82) is 0 Å². The minimum atomic E-state index is 0.310. The van der Waals surface area contributed by atoms with E-state index in [1.807, 2.05) is 31.2 Å². The highest BCUT2D eigenvalue weighted by molar-refractivity contribution is 5.48. The lowest BCUT2D eigenvalue weighted by molar-refractivity contribution is 0.198. The van der Waals surface area contributed by atoms with Gasteiger partial charge >= 0.3 is 0 Å². The highest BCUT2D eigenvalue weighted by Crippen LogP contribution is 2.28. The Morgan fingerprint density at radius 2 is 2.04 bits per heavy atom. The van der Waals surface area contributed by atoms with Crippen LogP contribution in [-0.2, 0) is 6.54 Å². The molecule has 1 atom stereocenters. The summed E-state index contributed by atoms with van der Waals surface area (Å²) in [4.78, 5) is 7.24. The van der Waals surface area contributed by atoms with Crippen molar-refractivity contribution < 1.29 is 5.11 Å². The van der Waals surface area contributed by atoms with Crippen molar-refractivity contribution in [3.8, 4) is 5.75 Å². The first-order chi connectivity index (χ1) is 12.1. The summed E-state index contributed by atoms with van der Waals surface area (Å²) in [6, 6.07) is 11.4. The van der Waals surface area contributed by atoms with Crippen LogP contribution in [0.15, 0.2) is 36.4 Å². The van der Waals surface area contributed by atoms with Crippen molar-refractivity contribution in [2.75, 3.05) is 18.8 Å². The van der Waals surface area contributed by atoms with Gasteiger partial charge in [-0.3, -0.25) is 4.90 Å². The van der Waals surface area contributed by atoms with Gasteiger partial charge in [-0.25, -0.2) is 4.98 Å². The number of piperidine rings is 1. The molecule has 0 bridgehead atoms. The summed E-state index contributed by atoms with van der Waals surface area (Å²) in [5, 5.41) is 13.8. The molecule has 1 unspecified atom stereocenters. The van der Waals surface area contributed by atoms with E-state index in [4.69, 9.17) is 10.7 Å². The van der Waals surface area contributed by atoms with Crippen molar-refractivity contribution in [1.82, 2.24) is 19.5 Å². The fourth-order valence-electron chi connectivity index (χ4n) is 3.64. The van der Waals surface area contributed by atoms with Gasteiger partial charge in [-0.05, 0) is 44.0 Å². The quantitative estimate of drug-likeness (QED) is 0.768. The number of nitrogens with zero attached hydrogens (tertiary/aromatic N) is 4. The molecule has 1 aliphatic heterocycles. The number of benzene rings is 1. The van der Waals surface area contributed by atoms with E-state index in [2.05, 4.69) is 10.00 Å². The molecule has 6 nitrogen and oxygen atoms in total. The molecule has 130 valence electrons. The van der Waals surface area contributed by atoms with Crippen LogP contribution in [0.25, 0.3) is 5.65 Å². The molecule has 2 aromatic heterocycles. The SMILES string of the molecule is Cc1cc2nc(C3CCCN(Cc4ccc(O)cc4)C3)cc(N)n2n1. The highest BCUT2D eigenvalue weighted by Gasteiger charge is 2.23. The van der Waals surface area contributed by atoms with Crippen LogP contribution in [0.1, 0.15) is 35.7 Å². The van der Waals surface area contributed by atoms with Gasteiger partial charge in [-0.2, -0.15) is 9.61 Å². The minimum Gasteiger partial charge on any atom is -0.508 e. The molecular formula is C19H23N5O. The summed E-state index contributed by atoms with van der Waals surface area (Å²) >= 11 is 0. The lowest BCUT2D eigenvalue weighted by Crippen LogP contribution is -2.34. The van der Waals surface area contributed by atoms with Gasteiger partial charge in [0.1, 0.15) is 11.6 Å². The Hall–Kier alpha value is -2.60. The van der Waals surface area contributed by atoms with E-state index in [-0.39, 0.29) is 0 Å². The zero-order chi connectivity index (χ0) is 17.4. The monoisotopic (exact) mass is 337 g/mol. The summed E-state index contributed by atoms with van der Waals surface area (Å²) in [7, 11) is 0. The summed E-state index contributed by atoms with van der Waals surface area (Å²) in [5.74, 6) is 1.33. The Balaban J connectivity index is 1.53. The number of phenolic OH excluding ortho intramolecular Hbond substituents is 1. The molecule has 1 fully saturated rings. The van der Waals surface area contributed by atoms with Gasteiger partial charge in [0.2, 0.25) is 0 Å². The number of rotatable bonds is 3. The maximum Gasteiger partial charge on any atom is 0.157 e. The molecule has 0 aliphatic carbocycles. The number of phenols is 1. The normalized spacial score (nSPS) is 18.7. The van der Waals surface area contributed by atoms with Crippen LogP contribution in [0.4, 0.5) is 5.82 Å². The van der Waals surface area contributed by atoms with Gasteiger partial charge in [0.05, 0.1) is 11.4 Å². The van der Waals surface area contributed by atoms with Crippen LogP contribution >= 0.6 is 0 Å². The van der Waals surface area contributed by atoms with E-state index in [1.54, 1.807) is 16.6 Å². The van der Waals surface area contributed by atoms with Gasteiger partial charge in [-0.1, -0.05) is 12.1 Å². The Kier molecular flexibility index (Phi) is 4.05. The molecule has 1 aliphatic rings. The standard InChI is InChI=1S/C19H23N5O/c1-13-9-19-21-17(10-18(20)24(19)22-13)15-3-2-8-23(12-15)11-14-4-6-16(25)7-5-14/h4-7,9-10,15,25H,2-3,8,11-12,20H2,1H3. The summed E-state index contributed by atoms with van der Waals surface area (Å²) in [5.41, 5.74) is 10.2. The van der Waals surface area contributed by atoms with E-state index in [0.717, 1.165) is 49.5 Å². The van der Waals surface area contributed by atoms with Crippen LogP contribution in [0, 0.1) is 6.92 Å². The first kappa shape index (κ1) is 15.9. The Morgan fingerprint density at radius 3 is 2.84 bits per heavy atom. The zero-order valence-electron chi connectivity index (χ0n) is 14.4. The molecule has 25 heavy (non-hydrogen) atoms. The number of nitrogens with two attached hydrogens (primary N) is 1. The Bertz CT molecular complexity index is 887. The summed E-state index contributed by atoms with van der Waals surface area (Å²) in [6.07, 6.45) is 2.27. The third-order valence-corrected chi connectivity index (χ3v) is 4.86. The second kappa shape index (κ2) is 6.37. The molecule has 3 N–H and O–H groups in total. The molecular weight excluding hydrogens is 314 g/mol. The number of aromatic nitrogens is 3. The van der Waals surface area contributed by atoms with Gasteiger partial charge in [0.15, 0.2) is 5.65 Å². The second-order valence-corrected chi connectivity index (χ2v) is 6.90. The number of aromatic hydroxyl groups is 1. The van der Waals surface area contributed by atoms with Crippen molar-refractivity contribution in [3.05, 3.63) is 53.3 Å². The molecule has 3 aromatic rings. The van der Waals surface area contributed by atoms with Crippen molar-refractivity contribution in [2.24, 2.45) is 0 Å². The van der Waals surface area contributed by atoms with Crippen LogP contribution in [-0.4, -0.2) is 37.7 Å². The predicted molar refractivity (Wildman–Crippen MR) is 97.5 cm³/mol. The number of nitrogen functional groups attached to an aromatic ring is 1. The van der Waals surface area contributed by atoms with Crippen molar-refractivity contribution >= 4 is 11.5 Å². The first-order valence-electron chi connectivity index (χ1n) is 8.71.